The lowest BCUT2D eigenvalue weighted by Crippen LogP contribution is -2.51. The minimum absolute atomic E-state index is 0.101. The van der Waals surface area contributed by atoms with Crippen molar-refractivity contribution in [3.8, 4) is 0 Å². The van der Waals surface area contributed by atoms with Gasteiger partial charge in [-0.3, -0.25) is 14.5 Å². The van der Waals surface area contributed by atoms with Gasteiger partial charge < -0.3 is 14.7 Å². The van der Waals surface area contributed by atoms with E-state index in [4.69, 9.17) is 4.52 Å². The lowest BCUT2D eigenvalue weighted by atomic mass is 10.1. The number of rotatable bonds is 6. The molecule has 2 saturated carbocycles. The van der Waals surface area contributed by atoms with E-state index in [-0.39, 0.29) is 11.8 Å². The van der Waals surface area contributed by atoms with Gasteiger partial charge in [0.15, 0.2) is 0 Å². The molecule has 31 heavy (non-hydrogen) atoms. The predicted octanol–water partition coefficient (Wildman–Crippen LogP) is 2.47. The Hall–Kier alpha value is -2.48. The molecule has 1 aliphatic heterocycles. The van der Waals surface area contributed by atoms with Crippen LogP contribution >= 0.6 is 0 Å². The van der Waals surface area contributed by atoms with Gasteiger partial charge in [-0.1, -0.05) is 18.0 Å². The average molecular weight is 426 g/mol. The van der Waals surface area contributed by atoms with E-state index in [0.29, 0.717) is 40.7 Å². The first kappa shape index (κ1) is 20.4. The number of carbonyl (C=O) groups is 2. The van der Waals surface area contributed by atoms with Gasteiger partial charge >= 0.3 is 0 Å². The zero-order chi connectivity index (χ0) is 21.4. The molecule has 2 aliphatic carbocycles. The summed E-state index contributed by atoms with van der Waals surface area (Å²) in [5.74, 6) is 0.937. The predicted molar refractivity (Wildman–Crippen MR) is 116 cm³/mol. The highest BCUT2D eigenvalue weighted by molar-refractivity contribution is 6.06. The van der Waals surface area contributed by atoms with Gasteiger partial charge in [0.1, 0.15) is 0 Å². The van der Waals surface area contributed by atoms with Crippen molar-refractivity contribution in [1.82, 2.24) is 25.3 Å². The third-order valence-electron chi connectivity index (χ3n) is 6.98. The van der Waals surface area contributed by atoms with Crippen molar-refractivity contribution in [2.75, 3.05) is 39.3 Å². The second-order valence-electron chi connectivity index (χ2n) is 9.22. The van der Waals surface area contributed by atoms with Crippen LogP contribution in [0.4, 0.5) is 0 Å². The third-order valence-corrected chi connectivity index (χ3v) is 6.98. The summed E-state index contributed by atoms with van der Waals surface area (Å²) in [5, 5.41) is 7.78. The van der Waals surface area contributed by atoms with Crippen molar-refractivity contribution >= 4 is 22.9 Å². The number of hydrogen-bond acceptors (Lipinski definition) is 6. The Morgan fingerprint density at radius 1 is 1.13 bits per heavy atom. The normalized spacial score (nSPS) is 20.5. The molecule has 2 aromatic heterocycles. The van der Waals surface area contributed by atoms with Crippen LogP contribution in [0.25, 0.3) is 11.1 Å². The molecule has 3 fully saturated rings. The first-order chi connectivity index (χ1) is 15.1. The molecule has 5 rings (SSSR count). The van der Waals surface area contributed by atoms with Crippen LogP contribution in [0.3, 0.4) is 0 Å². The summed E-state index contributed by atoms with van der Waals surface area (Å²) in [7, 11) is 0. The third kappa shape index (κ3) is 4.31. The maximum absolute atomic E-state index is 13.0. The van der Waals surface area contributed by atoms with Crippen LogP contribution in [0.1, 0.15) is 66.2 Å². The van der Waals surface area contributed by atoms with E-state index in [2.05, 4.69) is 20.4 Å². The first-order valence-corrected chi connectivity index (χ1v) is 11.7. The monoisotopic (exact) mass is 425 g/mol. The van der Waals surface area contributed by atoms with E-state index in [9.17, 15) is 9.59 Å². The number of aryl methyl sites for hydroxylation is 1. The molecule has 1 saturated heterocycles. The molecule has 2 aromatic rings. The highest BCUT2D eigenvalue weighted by atomic mass is 16.5. The molecule has 0 aromatic carbocycles. The van der Waals surface area contributed by atoms with Crippen LogP contribution < -0.4 is 5.32 Å². The number of aromatic nitrogens is 2. The van der Waals surface area contributed by atoms with Crippen LogP contribution in [0.5, 0.6) is 0 Å². The molecule has 2 amide bonds. The second-order valence-corrected chi connectivity index (χ2v) is 9.22. The number of nitrogens with zero attached hydrogens (tertiary/aromatic N) is 4. The molecule has 1 N–H and O–H groups in total. The smallest absolute Gasteiger partial charge is 0.259 e. The largest absolute Gasteiger partial charge is 0.351 e. The Kier molecular flexibility index (Phi) is 5.65. The summed E-state index contributed by atoms with van der Waals surface area (Å²) >= 11 is 0. The van der Waals surface area contributed by atoms with E-state index in [1.165, 1.54) is 12.8 Å². The summed E-state index contributed by atoms with van der Waals surface area (Å²) in [4.78, 5) is 34.5. The lowest BCUT2D eigenvalue weighted by Gasteiger charge is -2.36. The fraction of sp³-hybridized carbons (Fsp3) is 0.652. The molecular formula is C23H31N5O3. The molecule has 0 unspecified atom stereocenters. The number of fused-ring (bicyclic) bond motifs is 1. The zero-order valence-electron chi connectivity index (χ0n) is 18.2. The first-order valence-electron chi connectivity index (χ1n) is 11.7. The highest BCUT2D eigenvalue weighted by Crippen LogP contribution is 2.40. The quantitative estimate of drug-likeness (QED) is 0.765. The molecule has 0 spiro atoms. The van der Waals surface area contributed by atoms with Crippen molar-refractivity contribution in [3.63, 3.8) is 0 Å². The number of hydrogen-bond donors (Lipinski definition) is 1. The Bertz CT molecular complexity index is 969. The summed E-state index contributed by atoms with van der Waals surface area (Å²) < 4.78 is 5.34. The van der Waals surface area contributed by atoms with Gasteiger partial charge in [0.05, 0.1) is 16.6 Å². The van der Waals surface area contributed by atoms with Gasteiger partial charge in [0.2, 0.25) is 5.91 Å². The van der Waals surface area contributed by atoms with Crippen LogP contribution in [-0.2, 0) is 4.79 Å². The minimum atomic E-state index is -0.101. The van der Waals surface area contributed by atoms with E-state index in [1.807, 2.05) is 17.9 Å². The fourth-order valence-corrected chi connectivity index (χ4v) is 4.93. The molecule has 0 atom stereocenters. The zero-order valence-corrected chi connectivity index (χ0v) is 18.2. The summed E-state index contributed by atoms with van der Waals surface area (Å²) in [6.45, 7) is 6.51. The number of carbonyl (C=O) groups excluding carboxylic acids is 2. The van der Waals surface area contributed by atoms with Crippen molar-refractivity contribution in [2.24, 2.45) is 5.92 Å². The number of piperazine rings is 1. The van der Waals surface area contributed by atoms with Crippen LogP contribution in [0.15, 0.2) is 10.6 Å². The van der Waals surface area contributed by atoms with Gasteiger partial charge in [-0.15, -0.1) is 0 Å². The standard InChI is InChI=1S/C23H31N5O3/c1-15-20-18(14-19(16-6-7-16)25-22(20)31-26-15)21(29)24-8-9-27-10-12-28(13-11-27)23(30)17-4-2-3-5-17/h14,16-17H,2-13H2,1H3,(H,24,29). The van der Waals surface area contributed by atoms with E-state index in [0.717, 1.165) is 64.1 Å². The minimum Gasteiger partial charge on any atom is -0.351 e. The summed E-state index contributed by atoms with van der Waals surface area (Å²) in [6.07, 6.45) is 6.72. The van der Waals surface area contributed by atoms with Gasteiger partial charge in [-0.05, 0) is 38.7 Å². The summed E-state index contributed by atoms with van der Waals surface area (Å²) in [6, 6.07) is 1.91. The van der Waals surface area contributed by atoms with Crippen LogP contribution in [-0.4, -0.2) is 71.0 Å². The maximum Gasteiger partial charge on any atom is 0.259 e. The summed E-state index contributed by atoms with van der Waals surface area (Å²) in [5.41, 5.74) is 2.68. The topological polar surface area (TPSA) is 91.6 Å². The number of amides is 2. The molecule has 166 valence electrons. The molecule has 8 nitrogen and oxygen atoms in total. The van der Waals surface area contributed by atoms with Gasteiger partial charge in [0.25, 0.3) is 11.6 Å². The van der Waals surface area contributed by atoms with E-state index >= 15 is 0 Å². The van der Waals surface area contributed by atoms with Crippen molar-refractivity contribution in [2.45, 2.75) is 51.4 Å². The van der Waals surface area contributed by atoms with Crippen LogP contribution in [0, 0.1) is 12.8 Å². The maximum atomic E-state index is 13.0. The molecule has 0 radical (unpaired) electrons. The van der Waals surface area contributed by atoms with Crippen LogP contribution in [0.2, 0.25) is 0 Å². The van der Waals surface area contributed by atoms with E-state index in [1.54, 1.807) is 0 Å². The average Bonchev–Trinajstić information content (AvgIpc) is 3.36. The molecular weight excluding hydrogens is 394 g/mol. The Labute approximate surface area is 182 Å². The highest BCUT2D eigenvalue weighted by Gasteiger charge is 2.30. The fourth-order valence-electron chi connectivity index (χ4n) is 4.93. The van der Waals surface area contributed by atoms with Gasteiger partial charge in [0, 0.05) is 56.8 Å². The molecule has 3 aliphatic rings. The van der Waals surface area contributed by atoms with Crippen molar-refractivity contribution in [1.29, 1.82) is 0 Å². The SMILES string of the molecule is Cc1noc2nc(C3CC3)cc(C(=O)NCCN3CCN(C(=O)C4CCCC4)CC3)c12. The molecule has 0 bridgehead atoms. The van der Waals surface area contributed by atoms with E-state index < -0.39 is 0 Å². The van der Waals surface area contributed by atoms with Gasteiger partial charge in [-0.25, -0.2) is 4.98 Å². The number of pyridine rings is 1. The number of nitrogens with one attached hydrogen (secondary N) is 1. The molecule has 3 heterocycles. The van der Waals surface area contributed by atoms with Crippen molar-refractivity contribution in [3.05, 3.63) is 23.0 Å². The Balaban J connectivity index is 1.14. The Morgan fingerprint density at radius 3 is 2.58 bits per heavy atom. The second kappa shape index (κ2) is 8.57. The molecule has 8 heteroatoms. The Morgan fingerprint density at radius 2 is 1.87 bits per heavy atom. The van der Waals surface area contributed by atoms with Gasteiger partial charge in [-0.2, -0.15) is 0 Å². The van der Waals surface area contributed by atoms with Crippen molar-refractivity contribution < 1.29 is 14.1 Å². The lowest BCUT2D eigenvalue weighted by molar-refractivity contribution is -0.137.